The molecule has 18 nitrogen and oxygen atoms in total. The van der Waals surface area contributed by atoms with Gasteiger partial charge in [0.2, 0.25) is 5.56 Å². The van der Waals surface area contributed by atoms with E-state index in [4.69, 9.17) is 28.4 Å². The standard InChI is InChI=1S/C56H93FN6O12/c1-15-45-56(10,69)50(65)36(6)62(12)30-32(2)26-54(8,68)52(34(4)48(35(5)53(67)74-45)44-27-55(9,71-14)51(66)37(7)73-44)75-47-25-42(24-33(3)72-47)61(11)23-22-41-31-63(60-59-41)43(28-57)49(70-13)39-18-16-38(17-19-39)40-20-21-46(64)58-29-40/h16-18,20-21,29,31-37,39,42-45,47-52,59-60,65-66,68-69H,15,19,22-28,30H2,1-14H3,(H,58,64)/t32-,33-,34+,35-,36-,37+,39?,42+,43-,44?,45-,47+,48+,49-,50-,51+,52-,54-,55-,56-/m1/s1. The molecule has 1 aliphatic carbocycles. The van der Waals surface area contributed by atoms with E-state index in [-0.39, 0.29) is 48.8 Å². The van der Waals surface area contributed by atoms with Gasteiger partial charge in [-0.15, -0.1) is 5.53 Å². The minimum Gasteiger partial charge on any atom is -0.459 e. The van der Waals surface area contributed by atoms with Crippen molar-refractivity contribution in [1.82, 2.24) is 30.8 Å². The van der Waals surface area contributed by atoms with E-state index in [2.05, 4.69) is 34.0 Å². The number of aromatic amines is 1. The largest absolute Gasteiger partial charge is 0.459 e. The lowest BCUT2D eigenvalue weighted by atomic mass is 9.68. The van der Waals surface area contributed by atoms with Gasteiger partial charge in [0.05, 0.1) is 47.6 Å². The van der Waals surface area contributed by atoms with Gasteiger partial charge >= 0.3 is 5.97 Å². The number of halogens is 1. The molecule has 0 spiro atoms. The van der Waals surface area contributed by atoms with Crippen molar-refractivity contribution in [3.05, 3.63) is 64.4 Å². The quantitative estimate of drug-likeness (QED) is 0.117. The highest BCUT2D eigenvalue weighted by Gasteiger charge is 2.54. The molecule has 7 N–H and O–H groups in total. The van der Waals surface area contributed by atoms with Crippen molar-refractivity contribution < 1.29 is 58.0 Å². The third kappa shape index (κ3) is 14.1. The molecule has 20 atom stereocenters. The number of allylic oxidation sites excluding steroid dienone is 3. The van der Waals surface area contributed by atoms with Crippen LogP contribution in [0.15, 0.2) is 53.2 Å². The molecule has 1 aromatic heterocycles. The van der Waals surface area contributed by atoms with Gasteiger partial charge in [-0.25, -0.2) is 4.39 Å². The number of hydrogen-bond donors (Lipinski definition) is 7. The van der Waals surface area contributed by atoms with Crippen LogP contribution in [-0.4, -0.2) is 184 Å². The summed E-state index contributed by atoms with van der Waals surface area (Å²) in [6.07, 6.45) is 5.99. The zero-order valence-corrected chi connectivity index (χ0v) is 47.2. The third-order valence-corrected chi connectivity index (χ3v) is 17.6. The van der Waals surface area contributed by atoms with Crippen molar-refractivity contribution in [2.75, 3.05) is 48.1 Å². The maximum absolute atomic E-state index is 15.0. The molecular weight excluding hydrogens is 968 g/mol. The number of H-pyrrole nitrogens is 1. The summed E-state index contributed by atoms with van der Waals surface area (Å²) in [6.45, 7) is 18.8. The van der Waals surface area contributed by atoms with Crippen LogP contribution in [0.1, 0.15) is 120 Å². The van der Waals surface area contributed by atoms with Crippen LogP contribution in [0.25, 0.3) is 5.57 Å². The Balaban J connectivity index is 1.21. The van der Waals surface area contributed by atoms with E-state index >= 15 is 0 Å². The molecule has 4 aliphatic heterocycles. The number of nitrogens with zero attached hydrogens (tertiary/aromatic N) is 3. The number of aliphatic hydroxyl groups is 4. The lowest BCUT2D eigenvalue weighted by molar-refractivity contribution is -0.275. The number of alkyl halides is 1. The van der Waals surface area contributed by atoms with E-state index < -0.39 is 108 Å². The normalized spacial score (nSPS) is 40.7. The Morgan fingerprint density at radius 2 is 1.72 bits per heavy atom. The molecule has 3 saturated heterocycles. The fraction of sp³-hybridized carbons (Fsp3) is 0.786. The lowest BCUT2D eigenvalue weighted by Gasteiger charge is -2.51. The van der Waals surface area contributed by atoms with Crippen LogP contribution in [0.5, 0.6) is 0 Å². The molecule has 0 radical (unpaired) electrons. The first-order valence-corrected chi connectivity index (χ1v) is 27.4. The number of aliphatic hydroxyl groups excluding tert-OH is 2. The number of methoxy groups -OCH3 is 2. The summed E-state index contributed by atoms with van der Waals surface area (Å²) >= 11 is 0. The number of nitrogens with one attached hydrogen (secondary N) is 3. The smallest absolute Gasteiger partial charge is 0.309 e. The van der Waals surface area contributed by atoms with Crippen LogP contribution in [0.3, 0.4) is 0 Å². The Morgan fingerprint density at radius 3 is 2.33 bits per heavy atom. The van der Waals surface area contributed by atoms with E-state index in [0.29, 0.717) is 32.4 Å². The van der Waals surface area contributed by atoms with Crippen LogP contribution >= 0.6 is 0 Å². The van der Waals surface area contributed by atoms with Crippen molar-refractivity contribution >= 4 is 11.5 Å². The number of ether oxygens (including phenoxy) is 6. The van der Waals surface area contributed by atoms with Crippen molar-refractivity contribution in [3.8, 4) is 0 Å². The predicted molar refractivity (Wildman–Crippen MR) is 284 cm³/mol. The highest BCUT2D eigenvalue weighted by molar-refractivity contribution is 5.74. The number of likely N-dealkylation sites (N-methyl/N-ethyl adjacent to an activating group) is 1. The molecule has 3 fully saturated rings. The van der Waals surface area contributed by atoms with E-state index in [0.717, 1.165) is 23.3 Å². The molecule has 19 heteroatoms. The summed E-state index contributed by atoms with van der Waals surface area (Å²) < 4.78 is 53.5. The van der Waals surface area contributed by atoms with Crippen molar-refractivity contribution in [1.29, 1.82) is 0 Å². The van der Waals surface area contributed by atoms with E-state index in [1.54, 1.807) is 52.3 Å². The van der Waals surface area contributed by atoms with Gasteiger partial charge in [-0.3, -0.25) is 14.6 Å². The predicted octanol–water partition coefficient (Wildman–Crippen LogP) is 4.83. The number of cyclic esters (lactones) is 1. The highest BCUT2D eigenvalue weighted by atomic mass is 19.1. The van der Waals surface area contributed by atoms with Gasteiger partial charge in [0, 0.05) is 94.7 Å². The van der Waals surface area contributed by atoms with Gasteiger partial charge in [0.25, 0.3) is 0 Å². The summed E-state index contributed by atoms with van der Waals surface area (Å²) in [6, 6.07) is 2.13. The molecule has 0 saturated carbocycles. The molecular formula is C56H93FN6O12. The molecule has 2 unspecified atom stereocenters. The molecule has 0 bridgehead atoms. The fourth-order valence-electron chi connectivity index (χ4n) is 12.9. The molecule has 426 valence electrons. The Kier molecular flexibility index (Phi) is 20.8. The Morgan fingerprint density at radius 1 is 1.00 bits per heavy atom. The number of rotatable bonds is 15. The second-order valence-electron chi connectivity index (χ2n) is 23.5. The SMILES string of the molecule is CC[C@H]1OC(=O)[C@H](C)[C@@H](C2C[C@@](C)(OC)[C@@H](O)[C@H](C)O2)[C@H](C)[C@@H](O[C@H]2C[C@@H](N(C)CCC3=CN([C@H](CF)[C@H](OC)C4C=CC(c5ccc(=O)[nH]c5)=CC4)NN3)C[C@@H](C)O2)[C@](C)(O)C[C@@H](C)CN(C)[C@H](C)[C@@H](O)[C@]1(C)O. The second kappa shape index (κ2) is 25.7. The average molecular weight is 1060 g/mol. The number of aromatic nitrogens is 1. The summed E-state index contributed by atoms with van der Waals surface area (Å²) in [5.74, 6) is -2.93. The number of carbonyl (C=O) groups is 1. The maximum Gasteiger partial charge on any atom is 0.309 e. The van der Waals surface area contributed by atoms with Gasteiger partial charge in [-0.2, -0.15) is 0 Å². The maximum atomic E-state index is 15.0. The number of carbonyl (C=O) groups excluding carboxylic acids is 1. The number of hydrogen-bond acceptors (Lipinski definition) is 17. The Labute approximate surface area is 445 Å². The zero-order chi connectivity index (χ0) is 55.3. The van der Waals surface area contributed by atoms with E-state index in [1.807, 2.05) is 71.8 Å². The van der Waals surface area contributed by atoms with Crippen LogP contribution in [0, 0.1) is 29.6 Å². The van der Waals surface area contributed by atoms with Crippen LogP contribution in [-0.2, 0) is 33.2 Å². The molecule has 0 aromatic carbocycles. The highest BCUT2D eigenvalue weighted by Crippen LogP contribution is 2.45. The molecule has 1 aromatic rings. The molecule has 5 aliphatic rings. The average Bonchev–Trinajstić information content (AvgIpc) is 3.84. The number of hydrazine groups is 2. The van der Waals surface area contributed by atoms with Gasteiger partial charge in [-0.1, -0.05) is 45.9 Å². The summed E-state index contributed by atoms with van der Waals surface area (Å²) in [5, 5.41) is 49.7. The van der Waals surface area contributed by atoms with Crippen molar-refractivity contribution in [2.24, 2.45) is 29.6 Å². The van der Waals surface area contributed by atoms with Gasteiger partial charge < -0.3 is 69.1 Å². The van der Waals surface area contributed by atoms with Crippen molar-refractivity contribution in [3.63, 3.8) is 0 Å². The molecule has 0 amide bonds. The number of pyridine rings is 1. The fourth-order valence-corrected chi connectivity index (χ4v) is 12.9. The minimum atomic E-state index is -1.80. The monoisotopic (exact) mass is 1060 g/mol. The van der Waals surface area contributed by atoms with E-state index in [1.165, 1.54) is 13.0 Å². The van der Waals surface area contributed by atoms with Crippen LogP contribution in [0.2, 0.25) is 0 Å². The Hall–Kier alpha value is -3.31. The van der Waals surface area contributed by atoms with E-state index in [9.17, 15) is 34.4 Å². The summed E-state index contributed by atoms with van der Waals surface area (Å²) in [4.78, 5) is 33.2. The van der Waals surface area contributed by atoms with Gasteiger partial charge in [0.1, 0.15) is 36.6 Å². The first-order valence-electron chi connectivity index (χ1n) is 27.4. The molecule has 5 heterocycles. The van der Waals surface area contributed by atoms with Gasteiger partial charge in [0.15, 0.2) is 6.29 Å². The van der Waals surface area contributed by atoms with Crippen LogP contribution < -0.4 is 16.5 Å². The third-order valence-electron chi connectivity index (χ3n) is 17.6. The Bertz CT molecular complexity index is 2160. The van der Waals surface area contributed by atoms with Crippen LogP contribution in [0.4, 0.5) is 4.39 Å². The van der Waals surface area contributed by atoms with Gasteiger partial charge in [-0.05, 0) is 110 Å². The summed E-state index contributed by atoms with van der Waals surface area (Å²) in [7, 11) is 7.10. The number of esters is 1. The lowest BCUT2D eigenvalue weighted by Crippen LogP contribution is -2.61. The molecule has 6 rings (SSSR count). The second-order valence-corrected chi connectivity index (χ2v) is 23.5. The zero-order valence-electron chi connectivity index (χ0n) is 47.2. The summed E-state index contributed by atoms with van der Waals surface area (Å²) in [5.41, 5.74) is 4.69. The van der Waals surface area contributed by atoms with Crippen molar-refractivity contribution in [2.45, 2.75) is 204 Å². The first kappa shape index (κ1) is 60.9. The first-order chi connectivity index (χ1) is 35.3. The topological polar surface area (TPSA) is 220 Å². The minimum absolute atomic E-state index is 0.0198. The molecule has 75 heavy (non-hydrogen) atoms.